The zero-order valence-electron chi connectivity index (χ0n) is 26.3. The molecule has 1 heterocycles. The van der Waals surface area contributed by atoms with E-state index in [1.54, 1.807) is 0 Å². The van der Waals surface area contributed by atoms with Crippen LogP contribution in [-0.2, 0) is 5.41 Å². The highest BCUT2D eigenvalue weighted by Gasteiger charge is 2.36. The van der Waals surface area contributed by atoms with Gasteiger partial charge < -0.3 is 9.32 Å². The molecule has 3 heteroatoms. The Morgan fingerprint density at radius 2 is 1.19 bits per heavy atom. The van der Waals surface area contributed by atoms with Gasteiger partial charge in [0, 0.05) is 27.7 Å². The van der Waals surface area contributed by atoms with Crippen molar-refractivity contribution < 1.29 is 4.42 Å². The van der Waals surface area contributed by atoms with E-state index in [1.165, 1.54) is 33.4 Å². The lowest BCUT2D eigenvalue weighted by atomic mass is 9.82. The Bertz CT molecular complexity index is 2420. The smallest absolute Gasteiger partial charge is 0.227 e. The van der Waals surface area contributed by atoms with Crippen molar-refractivity contribution in [3.05, 3.63) is 169 Å². The van der Waals surface area contributed by atoms with E-state index >= 15 is 0 Å². The first kappa shape index (κ1) is 27.4. The van der Waals surface area contributed by atoms with E-state index < -0.39 is 0 Å². The van der Waals surface area contributed by atoms with Gasteiger partial charge in [-0.1, -0.05) is 123 Å². The second-order valence-electron chi connectivity index (χ2n) is 12.8. The van der Waals surface area contributed by atoms with Crippen LogP contribution >= 0.6 is 0 Å². The molecular formula is C44H32N2O. The Kier molecular flexibility index (Phi) is 6.16. The van der Waals surface area contributed by atoms with Gasteiger partial charge in [-0.3, -0.25) is 0 Å². The Morgan fingerprint density at radius 3 is 1.98 bits per heavy atom. The van der Waals surface area contributed by atoms with Crippen LogP contribution in [0.3, 0.4) is 0 Å². The fraction of sp³-hybridized carbons (Fsp3) is 0.0682. The number of hydrogen-bond acceptors (Lipinski definition) is 3. The molecule has 0 fully saturated rings. The number of rotatable bonds is 5. The third-order valence-electron chi connectivity index (χ3n) is 9.70. The highest BCUT2D eigenvalue weighted by atomic mass is 16.3. The van der Waals surface area contributed by atoms with Crippen molar-refractivity contribution in [2.24, 2.45) is 0 Å². The molecule has 0 saturated heterocycles. The van der Waals surface area contributed by atoms with Crippen LogP contribution in [-0.4, -0.2) is 4.98 Å². The Labute approximate surface area is 274 Å². The number of oxazole rings is 1. The minimum Gasteiger partial charge on any atom is -0.436 e. The minimum absolute atomic E-state index is 0.118. The van der Waals surface area contributed by atoms with E-state index in [0.29, 0.717) is 5.89 Å². The number of aromatic nitrogens is 1. The van der Waals surface area contributed by atoms with Crippen molar-refractivity contribution in [3.63, 3.8) is 0 Å². The van der Waals surface area contributed by atoms with Crippen LogP contribution in [0.4, 0.5) is 17.1 Å². The van der Waals surface area contributed by atoms with Crippen molar-refractivity contribution >= 4 is 38.9 Å². The van der Waals surface area contributed by atoms with Crippen LogP contribution in [0.5, 0.6) is 0 Å². The summed E-state index contributed by atoms with van der Waals surface area (Å²) in [5, 5.41) is 2.17. The first-order chi connectivity index (χ1) is 23.1. The van der Waals surface area contributed by atoms with Crippen LogP contribution < -0.4 is 4.90 Å². The molecular weight excluding hydrogens is 572 g/mol. The third kappa shape index (κ3) is 4.39. The van der Waals surface area contributed by atoms with Crippen molar-refractivity contribution in [3.8, 4) is 33.7 Å². The minimum atomic E-state index is -0.118. The van der Waals surface area contributed by atoms with Gasteiger partial charge in [-0.25, -0.2) is 4.98 Å². The molecule has 8 aromatic rings. The van der Waals surface area contributed by atoms with Crippen molar-refractivity contribution in [1.29, 1.82) is 0 Å². The maximum absolute atomic E-state index is 6.37. The number of fused-ring (bicyclic) bond motifs is 6. The Balaban J connectivity index is 1.28. The molecule has 0 N–H and O–H groups in total. The zero-order chi connectivity index (χ0) is 31.5. The summed E-state index contributed by atoms with van der Waals surface area (Å²) < 4.78 is 6.37. The van der Waals surface area contributed by atoms with Crippen LogP contribution in [0.25, 0.3) is 55.6 Å². The molecule has 1 aromatic heterocycles. The number of hydrogen-bond donors (Lipinski definition) is 0. The zero-order valence-corrected chi connectivity index (χ0v) is 26.3. The molecule has 0 atom stereocenters. The number of benzene rings is 7. The maximum atomic E-state index is 6.37. The molecule has 47 heavy (non-hydrogen) atoms. The maximum Gasteiger partial charge on any atom is 0.227 e. The summed E-state index contributed by atoms with van der Waals surface area (Å²) >= 11 is 0. The van der Waals surface area contributed by atoms with E-state index in [1.807, 2.05) is 36.4 Å². The van der Waals surface area contributed by atoms with Gasteiger partial charge in [-0.05, 0) is 87.3 Å². The monoisotopic (exact) mass is 604 g/mol. The molecule has 0 bridgehead atoms. The quantitative estimate of drug-likeness (QED) is 0.196. The van der Waals surface area contributed by atoms with E-state index in [4.69, 9.17) is 9.40 Å². The highest BCUT2D eigenvalue weighted by Crippen LogP contribution is 2.51. The highest BCUT2D eigenvalue weighted by molar-refractivity contribution is 6.13. The van der Waals surface area contributed by atoms with Crippen LogP contribution in [0.1, 0.15) is 25.0 Å². The molecule has 0 saturated carbocycles. The average Bonchev–Trinajstić information content (AvgIpc) is 3.67. The average molecular weight is 605 g/mol. The van der Waals surface area contributed by atoms with E-state index in [2.05, 4.69) is 140 Å². The van der Waals surface area contributed by atoms with Gasteiger partial charge in [0.25, 0.3) is 0 Å². The lowest BCUT2D eigenvalue weighted by molar-refractivity contribution is 0.620. The molecule has 3 nitrogen and oxygen atoms in total. The second kappa shape index (κ2) is 10.6. The van der Waals surface area contributed by atoms with E-state index in [9.17, 15) is 0 Å². The summed E-state index contributed by atoms with van der Waals surface area (Å²) in [6.07, 6.45) is 0. The van der Waals surface area contributed by atoms with Gasteiger partial charge >= 0.3 is 0 Å². The van der Waals surface area contributed by atoms with Crippen molar-refractivity contribution in [2.75, 3.05) is 4.90 Å². The lowest BCUT2D eigenvalue weighted by Crippen LogP contribution is -2.16. The number of anilines is 3. The van der Waals surface area contributed by atoms with Gasteiger partial charge in [0.1, 0.15) is 5.52 Å². The van der Waals surface area contributed by atoms with Crippen molar-refractivity contribution in [1.82, 2.24) is 4.98 Å². The number of nitrogens with zero attached hydrogens (tertiary/aromatic N) is 2. The van der Waals surface area contributed by atoms with Crippen LogP contribution in [0.15, 0.2) is 162 Å². The van der Waals surface area contributed by atoms with E-state index in [-0.39, 0.29) is 5.41 Å². The van der Waals surface area contributed by atoms with Gasteiger partial charge in [0.15, 0.2) is 5.58 Å². The molecule has 1 aliphatic carbocycles. The lowest BCUT2D eigenvalue weighted by Gasteiger charge is -2.29. The SMILES string of the molecule is CC1(C)c2ccccc2-c2ccc(N(c3ccc(-c4ccccc4)cc3)c3cccc4ccc5oc(-c6ccccc6)nc5c34)cc21. The summed E-state index contributed by atoms with van der Waals surface area (Å²) in [5.74, 6) is 0.624. The fourth-order valence-electron chi connectivity index (χ4n) is 7.33. The normalized spacial score (nSPS) is 13.1. The third-order valence-corrected chi connectivity index (χ3v) is 9.70. The van der Waals surface area contributed by atoms with Gasteiger partial charge in [-0.15, -0.1) is 0 Å². The van der Waals surface area contributed by atoms with Gasteiger partial charge in [-0.2, -0.15) is 0 Å². The molecule has 0 amide bonds. The predicted octanol–water partition coefficient (Wildman–Crippen LogP) is 12.1. The largest absolute Gasteiger partial charge is 0.436 e. The summed E-state index contributed by atoms with van der Waals surface area (Å²) in [6, 6.07) is 56.0. The molecule has 224 valence electrons. The Morgan fingerprint density at radius 1 is 0.532 bits per heavy atom. The van der Waals surface area contributed by atoms with Gasteiger partial charge in [0.2, 0.25) is 5.89 Å². The molecule has 1 aliphatic rings. The Hall–Kier alpha value is -5.93. The predicted molar refractivity (Wildman–Crippen MR) is 195 cm³/mol. The second-order valence-corrected chi connectivity index (χ2v) is 12.8. The molecule has 0 aliphatic heterocycles. The first-order valence-electron chi connectivity index (χ1n) is 16.1. The summed E-state index contributed by atoms with van der Waals surface area (Å²) in [7, 11) is 0. The standard InChI is InChI=1S/C44H32N2O/c1-44(2)37-18-10-9-17-35(37)36-26-25-34(28-38(36)44)46(33-23-20-30(21-24-33)29-12-5-3-6-13-29)39-19-11-16-31-22-27-40-42(41(31)39)45-43(47-40)32-14-7-4-8-15-32/h3-28H,1-2H3. The molecule has 9 rings (SSSR count). The van der Waals surface area contributed by atoms with Gasteiger partial charge in [0.05, 0.1) is 5.69 Å². The fourth-order valence-corrected chi connectivity index (χ4v) is 7.33. The van der Waals surface area contributed by atoms with Crippen LogP contribution in [0, 0.1) is 0 Å². The summed E-state index contributed by atoms with van der Waals surface area (Å²) in [6.45, 7) is 4.67. The molecule has 0 spiro atoms. The summed E-state index contributed by atoms with van der Waals surface area (Å²) in [5.41, 5.74) is 13.4. The molecule has 0 unspecified atom stereocenters. The topological polar surface area (TPSA) is 29.3 Å². The first-order valence-corrected chi connectivity index (χ1v) is 16.1. The van der Waals surface area contributed by atoms with E-state index in [0.717, 1.165) is 44.5 Å². The molecule has 0 radical (unpaired) electrons. The van der Waals surface area contributed by atoms with Crippen molar-refractivity contribution in [2.45, 2.75) is 19.3 Å². The molecule has 7 aromatic carbocycles. The van der Waals surface area contributed by atoms with Crippen LogP contribution in [0.2, 0.25) is 0 Å². The summed E-state index contributed by atoms with van der Waals surface area (Å²) in [4.78, 5) is 7.49.